The number of aromatic nitrogens is 1. The smallest absolute Gasteiger partial charge is 0.248 e. The topological polar surface area (TPSA) is 62.3 Å². The van der Waals surface area contributed by atoms with Crippen LogP contribution in [0.15, 0.2) is 0 Å². The summed E-state index contributed by atoms with van der Waals surface area (Å²) in [5, 5.41) is 3.68. The van der Waals surface area contributed by atoms with Gasteiger partial charge in [-0.2, -0.15) is 0 Å². The van der Waals surface area contributed by atoms with Crippen LogP contribution in [0.4, 0.5) is 0 Å². The van der Waals surface area contributed by atoms with Crippen molar-refractivity contribution in [2.45, 2.75) is 46.2 Å². The highest BCUT2D eigenvalue weighted by Crippen LogP contribution is 2.21. The van der Waals surface area contributed by atoms with E-state index in [2.05, 4.69) is 10.3 Å². The zero-order valence-electron chi connectivity index (χ0n) is 11.7. The summed E-state index contributed by atoms with van der Waals surface area (Å²) in [4.78, 5) is 31.3. The molecule has 1 N–H and O–H groups in total. The van der Waals surface area contributed by atoms with Gasteiger partial charge in [0.2, 0.25) is 11.8 Å². The standard InChI is InChI=1S/C13H19N3O2S/c1-8-9(2)19-11(14-8)7-16-6-5-10(17)15-13(3,4)12(16)18/h5-7H2,1-4H3,(H,15,17). The molecule has 1 aliphatic heterocycles. The van der Waals surface area contributed by atoms with Gasteiger partial charge in [-0.05, 0) is 27.7 Å². The lowest BCUT2D eigenvalue weighted by molar-refractivity contribution is -0.137. The second-order valence-electron chi connectivity index (χ2n) is 5.40. The largest absolute Gasteiger partial charge is 0.342 e. The molecule has 1 aliphatic rings. The van der Waals surface area contributed by atoms with Gasteiger partial charge in [-0.25, -0.2) is 4.98 Å². The number of aryl methyl sites for hydroxylation is 2. The second kappa shape index (κ2) is 4.92. The number of amides is 2. The fourth-order valence-corrected chi connectivity index (χ4v) is 3.07. The van der Waals surface area contributed by atoms with E-state index in [1.165, 1.54) is 4.88 Å². The van der Waals surface area contributed by atoms with Crippen LogP contribution in [-0.4, -0.2) is 33.8 Å². The maximum absolute atomic E-state index is 12.4. The molecule has 1 aromatic heterocycles. The van der Waals surface area contributed by atoms with E-state index in [0.717, 1.165) is 10.7 Å². The Morgan fingerprint density at radius 1 is 1.37 bits per heavy atom. The van der Waals surface area contributed by atoms with Crippen molar-refractivity contribution in [3.05, 3.63) is 15.6 Å². The van der Waals surface area contributed by atoms with Crippen molar-refractivity contribution < 1.29 is 9.59 Å². The van der Waals surface area contributed by atoms with E-state index < -0.39 is 5.54 Å². The number of hydrogen-bond donors (Lipinski definition) is 1. The number of carbonyl (C=O) groups excluding carboxylic acids is 2. The summed E-state index contributed by atoms with van der Waals surface area (Å²) in [5.41, 5.74) is 0.172. The number of nitrogens with one attached hydrogen (secondary N) is 1. The van der Waals surface area contributed by atoms with E-state index in [1.807, 2.05) is 13.8 Å². The van der Waals surface area contributed by atoms with E-state index in [-0.39, 0.29) is 11.8 Å². The number of thiazole rings is 1. The van der Waals surface area contributed by atoms with Gasteiger partial charge in [-0.15, -0.1) is 11.3 Å². The summed E-state index contributed by atoms with van der Waals surface area (Å²) in [6, 6.07) is 0. The van der Waals surface area contributed by atoms with Crippen molar-refractivity contribution in [1.82, 2.24) is 15.2 Å². The van der Waals surface area contributed by atoms with Crippen molar-refractivity contribution in [1.29, 1.82) is 0 Å². The predicted molar refractivity (Wildman–Crippen MR) is 73.8 cm³/mol. The number of carbonyl (C=O) groups is 2. The summed E-state index contributed by atoms with van der Waals surface area (Å²) in [6.45, 7) is 8.40. The number of rotatable bonds is 2. The average molecular weight is 281 g/mol. The van der Waals surface area contributed by atoms with Crippen LogP contribution in [0.25, 0.3) is 0 Å². The second-order valence-corrected chi connectivity index (χ2v) is 6.69. The van der Waals surface area contributed by atoms with E-state index >= 15 is 0 Å². The highest BCUT2D eigenvalue weighted by Gasteiger charge is 2.36. The van der Waals surface area contributed by atoms with Gasteiger partial charge in [0.05, 0.1) is 12.2 Å². The summed E-state index contributed by atoms with van der Waals surface area (Å²) in [6.07, 6.45) is 0.346. The Kier molecular flexibility index (Phi) is 3.62. The molecular weight excluding hydrogens is 262 g/mol. The Hall–Kier alpha value is -1.43. The van der Waals surface area contributed by atoms with Crippen molar-refractivity contribution in [2.75, 3.05) is 6.54 Å². The van der Waals surface area contributed by atoms with Gasteiger partial charge in [0, 0.05) is 17.8 Å². The van der Waals surface area contributed by atoms with E-state index in [1.54, 1.807) is 30.1 Å². The fourth-order valence-electron chi connectivity index (χ4n) is 2.12. The molecular formula is C13H19N3O2S. The van der Waals surface area contributed by atoms with Crippen LogP contribution < -0.4 is 5.32 Å². The van der Waals surface area contributed by atoms with Crippen LogP contribution in [0.3, 0.4) is 0 Å². The summed E-state index contributed by atoms with van der Waals surface area (Å²) >= 11 is 1.61. The Morgan fingerprint density at radius 2 is 2.05 bits per heavy atom. The third kappa shape index (κ3) is 2.94. The third-order valence-electron chi connectivity index (χ3n) is 3.28. The van der Waals surface area contributed by atoms with Crippen molar-refractivity contribution in [3.8, 4) is 0 Å². The first-order valence-electron chi connectivity index (χ1n) is 6.33. The maximum Gasteiger partial charge on any atom is 0.248 e. The molecule has 1 aromatic rings. The summed E-state index contributed by atoms with van der Waals surface area (Å²) in [5.74, 6) is -0.129. The molecule has 2 heterocycles. The molecule has 5 nitrogen and oxygen atoms in total. The molecule has 2 amide bonds. The monoisotopic (exact) mass is 281 g/mol. The van der Waals surface area contributed by atoms with Crippen LogP contribution in [0.5, 0.6) is 0 Å². The lowest BCUT2D eigenvalue weighted by Crippen LogP contribution is -2.52. The molecule has 0 spiro atoms. The van der Waals surface area contributed by atoms with Crippen molar-refractivity contribution >= 4 is 23.2 Å². The molecule has 2 rings (SSSR count). The minimum Gasteiger partial charge on any atom is -0.342 e. The van der Waals surface area contributed by atoms with Crippen molar-refractivity contribution in [3.63, 3.8) is 0 Å². The first-order valence-corrected chi connectivity index (χ1v) is 7.14. The molecule has 0 radical (unpaired) electrons. The molecule has 104 valence electrons. The molecule has 0 bridgehead atoms. The number of hydrogen-bond acceptors (Lipinski definition) is 4. The Bertz CT molecular complexity index is 502. The molecule has 1 fully saturated rings. The van der Waals surface area contributed by atoms with Gasteiger partial charge in [0.1, 0.15) is 10.5 Å². The van der Waals surface area contributed by atoms with Gasteiger partial charge >= 0.3 is 0 Å². The van der Waals surface area contributed by atoms with Gasteiger partial charge in [0.25, 0.3) is 0 Å². The van der Waals surface area contributed by atoms with Gasteiger partial charge in [0.15, 0.2) is 0 Å². The molecule has 0 aliphatic carbocycles. The Labute approximate surface area is 117 Å². The van der Waals surface area contributed by atoms with E-state index in [0.29, 0.717) is 19.5 Å². The minimum atomic E-state index is -0.838. The van der Waals surface area contributed by atoms with Crippen LogP contribution >= 0.6 is 11.3 Å². The van der Waals surface area contributed by atoms with Gasteiger partial charge in [-0.3, -0.25) is 9.59 Å². The molecule has 1 saturated heterocycles. The predicted octanol–water partition coefficient (Wildman–Crippen LogP) is 1.39. The Morgan fingerprint density at radius 3 is 2.63 bits per heavy atom. The highest BCUT2D eigenvalue weighted by molar-refractivity contribution is 7.11. The average Bonchev–Trinajstić information content (AvgIpc) is 2.57. The normalized spacial score (nSPS) is 19.3. The lowest BCUT2D eigenvalue weighted by Gasteiger charge is -2.28. The first kappa shape index (κ1) is 14.0. The van der Waals surface area contributed by atoms with E-state index in [4.69, 9.17) is 0 Å². The molecule has 0 saturated carbocycles. The van der Waals surface area contributed by atoms with Crippen LogP contribution in [0, 0.1) is 13.8 Å². The van der Waals surface area contributed by atoms with Gasteiger partial charge in [-0.1, -0.05) is 0 Å². The third-order valence-corrected chi connectivity index (χ3v) is 4.34. The van der Waals surface area contributed by atoms with Gasteiger partial charge < -0.3 is 10.2 Å². The van der Waals surface area contributed by atoms with E-state index in [9.17, 15) is 9.59 Å². The minimum absolute atomic E-state index is 0.0520. The van der Waals surface area contributed by atoms with Crippen LogP contribution in [0.1, 0.15) is 35.8 Å². The van der Waals surface area contributed by atoms with Crippen LogP contribution in [0.2, 0.25) is 0 Å². The summed E-state index contributed by atoms with van der Waals surface area (Å²) in [7, 11) is 0. The fraction of sp³-hybridized carbons (Fsp3) is 0.615. The molecule has 6 heteroatoms. The zero-order valence-corrected chi connectivity index (χ0v) is 12.6. The van der Waals surface area contributed by atoms with Crippen LogP contribution in [-0.2, 0) is 16.1 Å². The zero-order chi connectivity index (χ0) is 14.2. The van der Waals surface area contributed by atoms with Crippen molar-refractivity contribution in [2.24, 2.45) is 0 Å². The quantitative estimate of drug-likeness (QED) is 0.891. The summed E-state index contributed by atoms with van der Waals surface area (Å²) < 4.78 is 0. The lowest BCUT2D eigenvalue weighted by atomic mass is 10.0. The molecule has 0 unspecified atom stereocenters. The number of nitrogens with zero attached hydrogens (tertiary/aromatic N) is 2. The molecule has 0 aromatic carbocycles. The molecule has 19 heavy (non-hydrogen) atoms. The first-order chi connectivity index (χ1) is 8.79. The Balaban J connectivity index is 2.18. The maximum atomic E-state index is 12.4. The SMILES string of the molecule is Cc1nc(CN2CCC(=O)NC(C)(C)C2=O)sc1C. The highest BCUT2D eigenvalue weighted by atomic mass is 32.1. The molecule has 0 atom stereocenters.